The highest BCUT2D eigenvalue weighted by atomic mass is 16.4. The van der Waals surface area contributed by atoms with Crippen LogP contribution in [-0.2, 0) is 9.59 Å². The van der Waals surface area contributed by atoms with Crippen molar-refractivity contribution in [3.8, 4) is 0 Å². The molecule has 4 nitrogen and oxygen atoms in total. The molecule has 0 aromatic carbocycles. The third-order valence-electron chi connectivity index (χ3n) is 4.83. The molecule has 1 unspecified atom stereocenters. The molecule has 1 N–H and O–H groups in total. The van der Waals surface area contributed by atoms with Crippen molar-refractivity contribution in [3.63, 3.8) is 0 Å². The third kappa shape index (κ3) is 3.71. The summed E-state index contributed by atoms with van der Waals surface area (Å²) < 4.78 is 0. The van der Waals surface area contributed by atoms with Crippen LogP contribution in [0.25, 0.3) is 0 Å². The third-order valence-corrected chi connectivity index (χ3v) is 4.83. The van der Waals surface area contributed by atoms with E-state index in [0.717, 1.165) is 31.8 Å². The molecule has 1 fully saturated rings. The zero-order valence-electron chi connectivity index (χ0n) is 12.6. The maximum Gasteiger partial charge on any atom is 0.310 e. The van der Waals surface area contributed by atoms with Gasteiger partial charge in [0.25, 0.3) is 0 Å². The van der Waals surface area contributed by atoms with Crippen LogP contribution in [0.4, 0.5) is 0 Å². The summed E-state index contributed by atoms with van der Waals surface area (Å²) in [4.78, 5) is 25.5. The zero-order valence-corrected chi connectivity index (χ0v) is 12.6. The van der Waals surface area contributed by atoms with Crippen molar-refractivity contribution in [3.05, 3.63) is 0 Å². The van der Waals surface area contributed by atoms with Crippen LogP contribution in [0, 0.1) is 17.3 Å². The average molecular weight is 269 g/mol. The van der Waals surface area contributed by atoms with Gasteiger partial charge in [-0.15, -0.1) is 0 Å². The van der Waals surface area contributed by atoms with Crippen LogP contribution in [0.15, 0.2) is 0 Å². The smallest absolute Gasteiger partial charge is 0.310 e. The molecule has 1 rings (SSSR count). The van der Waals surface area contributed by atoms with Crippen LogP contribution in [0.2, 0.25) is 0 Å². The summed E-state index contributed by atoms with van der Waals surface area (Å²) in [5.41, 5.74) is -0.960. The summed E-state index contributed by atoms with van der Waals surface area (Å²) in [5, 5.41) is 9.36. The van der Waals surface area contributed by atoms with Crippen molar-refractivity contribution < 1.29 is 14.7 Å². The highest BCUT2D eigenvalue weighted by Gasteiger charge is 2.40. The number of rotatable bonds is 5. The predicted molar refractivity (Wildman–Crippen MR) is 74.8 cm³/mol. The van der Waals surface area contributed by atoms with Gasteiger partial charge in [-0.3, -0.25) is 9.59 Å². The SMILES string of the molecule is CCC1CCN(C(=O)CC(C)(C(=O)O)C(C)C)CC1. The van der Waals surface area contributed by atoms with E-state index in [1.165, 1.54) is 6.42 Å². The Kier molecular flexibility index (Phi) is 5.39. The minimum absolute atomic E-state index is 0.00634. The van der Waals surface area contributed by atoms with E-state index in [0.29, 0.717) is 0 Å². The maximum absolute atomic E-state index is 12.3. The predicted octanol–water partition coefficient (Wildman–Crippen LogP) is 2.77. The number of aliphatic carboxylic acids is 1. The monoisotopic (exact) mass is 269 g/mol. The van der Waals surface area contributed by atoms with Crippen molar-refractivity contribution in [2.75, 3.05) is 13.1 Å². The summed E-state index contributed by atoms with van der Waals surface area (Å²) in [5.74, 6) is -0.213. The van der Waals surface area contributed by atoms with Crippen molar-refractivity contribution in [1.82, 2.24) is 4.90 Å². The second-order valence-corrected chi connectivity index (χ2v) is 6.29. The van der Waals surface area contributed by atoms with E-state index in [1.54, 1.807) is 6.92 Å². The van der Waals surface area contributed by atoms with E-state index in [1.807, 2.05) is 18.7 Å². The van der Waals surface area contributed by atoms with Gasteiger partial charge in [0.2, 0.25) is 5.91 Å². The Balaban J connectivity index is 2.62. The average Bonchev–Trinajstić information content (AvgIpc) is 2.38. The Labute approximate surface area is 116 Å². The lowest BCUT2D eigenvalue weighted by atomic mass is 9.76. The van der Waals surface area contributed by atoms with Crippen molar-refractivity contribution in [2.45, 2.75) is 53.4 Å². The summed E-state index contributed by atoms with van der Waals surface area (Å²) in [6.07, 6.45) is 3.37. The quantitative estimate of drug-likeness (QED) is 0.835. The molecule has 4 heteroatoms. The molecule has 1 aliphatic heterocycles. The number of carboxylic acid groups (broad SMARTS) is 1. The molecule has 110 valence electrons. The summed E-state index contributed by atoms with van der Waals surface area (Å²) in [7, 11) is 0. The van der Waals surface area contributed by atoms with Gasteiger partial charge >= 0.3 is 5.97 Å². The second-order valence-electron chi connectivity index (χ2n) is 6.29. The number of carbonyl (C=O) groups excluding carboxylic acids is 1. The van der Waals surface area contributed by atoms with E-state index in [4.69, 9.17) is 0 Å². The summed E-state index contributed by atoms with van der Waals surface area (Å²) >= 11 is 0. The van der Waals surface area contributed by atoms with E-state index in [9.17, 15) is 14.7 Å². The highest BCUT2D eigenvalue weighted by molar-refractivity contribution is 5.85. The van der Waals surface area contributed by atoms with Crippen LogP contribution >= 0.6 is 0 Å². The van der Waals surface area contributed by atoms with Crippen LogP contribution < -0.4 is 0 Å². The first-order valence-electron chi connectivity index (χ1n) is 7.32. The Morgan fingerprint density at radius 1 is 1.32 bits per heavy atom. The minimum Gasteiger partial charge on any atom is -0.481 e. The van der Waals surface area contributed by atoms with Gasteiger partial charge in [0.15, 0.2) is 0 Å². The largest absolute Gasteiger partial charge is 0.481 e. The fraction of sp³-hybridized carbons (Fsp3) is 0.867. The lowest BCUT2D eigenvalue weighted by Gasteiger charge is -2.35. The molecule has 1 heterocycles. The molecule has 1 aliphatic rings. The number of amides is 1. The lowest BCUT2D eigenvalue weighted by Crippen LogP contribution is -2.43. The Hall–Kier alpha value is -1.06. The number of likely N-dealkylation sites (tertiary alicyclic amines) is 1. The molecule has 0 radical (unpaired) electrons. The van der Waals surface area contributed by atoms with Crippen LogP contribution in [0.5, 0.6) is 0 Å². The van der Waals surface area contributed by atoms with Gasteiger partial charge < -0.3 is 10.0 Å². The molecule has 0 aliphatic carbocycles. The molecule has 0 aromatic heterocycles. The molecule has 0 saturated carbocycles. The van der Waals surface area contributed by atoms with Crippen LogP contribution in [0.1, 0.15) is 53.4 Å². The topological polar surface area (TPSA) is 57.6 Å². The highest BCUT2D eigenvalue weighted by Crippen LogP contribution is 2.33. The van der Waals surface area contributed by atoms with Gasteiger partial charge in [-0.25, -0.2) is 0 Å². The number of carboxylic acids is 1. The van der Waals surface area contributed by atoms with Gasteiger partial charge in [-0.2, -0.15) is 0 Å². The van der Waals surface area contributed by atoms with Gasteiger partial charge in [0.1, 0.15) is 0 Å². The van der Waals surface area contributed by atoms with Gasteiger partial charge in [0, 0.05) is 19.5 Å². The van der Waals surface area contributed by atoms with E-state index in [-0.39, 0.29) is 18.2 Å². The van der Waals surface area contributed by atoms with E-state index in [2.05, 4.69) is 6.92 Å². The van der Waals surface area contributed by atoms with Crippen molar-refractivity contribution in [2.24, 2.45) is 17.3 Å². The Bertz CT molecular complexity index is 332. The first-order valence-corrected chi connectivity index (χ1v) is 7.32. The molecule has 1 saturated heterocycles. The Morgan fingerprint density at radius 2 is 1.84 bits per heavy atom. The van der Waals surface area contributed by atoms with E-state index >= 15 is 0 Å². The first-order chi connectivity index (χ1) is 8.81. The molecular formula is C15H27NO3. The molecule has 19 heavy (non-hydrogen) atoms. The number of piperidine rings is 1. The lowest BCUT2D eigenvalue weighted by molar-refractivity contribution is -0.155. The summed E-state index contributed by atoms with van der Waals surface area (Å²) in [6, 6.07) is 0. The first kappa shape index (κ1) is 16.0. The number of hydrogen-bond acceptors (Lipinski definition) is 2. The normalized spacial score (nSPS) is 20.4. The fourth-order valence-electron chi connectivity index (χ4n) is 2.54. The number of carbonyl (C=O) groups is 2. The zero-order chi connectivity index (χ0) is 14.6. The second kappa shape index (κ2) is 6.40. The summed E-state index contributed by atoms with van der Waals surface area (Å²) in [6.45, 7) is 9.16. The fourth-order valence-corrected chi connectivity index (χ4v) is 2.54. The number of nitrogens with zero attached hydrogens (tertiary/aromatic N) is 1. The molecule has 0 bridgehead atoms. The van der Waals surface area contributed by atoms with Gasteiger partial charge in [-0.05, 0) is 31.6 Å². The van der Waals surface area contributed by atoms with E-state index < -0.39 is 11.4 Å². The molecule has 1 amide bonds. The van der Waals surface area contributed by atoms with Crippen molar-refractivity contribution >= 4 is 11.9 Å². The van der Waals surface area contributed by atoms with Crippen LogP contribution in [0.3, 0.4) is 0 Å². The van der Waals surface area contributed by atoms with Crippen LogP contribution in [-0.4, -0.2) is 35.0 Å². The van der Waals surface area contributed by atoms with Gasteiger partial charge in [-0.1, -0.05) is 27.2 Å². The molecule has 0 spiro atoms. The molecule has 0 aromatic rings. The van der Waals surface area contributed by atoms with Crippen molar-refractivity contribution in [1.29, 1.82) is 0 Å². The standard InChI is InChI=1S/C15H27NO3/c1-5-12-6-8-16(9-7-12)13(17)10-15(4,11(2)3)14(18)19/h11-12H,5-10H2,1-4H3,(H,18,19). The minimum atomic E-state index is -0.960. The number of hydrogen-bond donors (Lipinski definition) is 1. The maximum atomic E-state index is 12.3. The molecule has 1 atom stereocenters. The Morgan fingerprint density at radius 3 is 2.21 bits per heavy atom. The molecular weight excluding hydrogens is 242 g/mol. The van der Waals surface area contributed by atoms with Gasteiger partial charge in [0.05, 0.1) is 5.41 Å².